The first-order valence-corrected chi connectivity index (χ1v) is 6.96. The van der Waals surface area contributed by atoms with Crippen molar-refractivity contribution in [1.82, 2.24) is 0 Å². The summed E-state index contributed by atoms with van der Waals surface area (Å²) < 4.78 is 0.556. The standard InChI is InChI=1S/C18H17.Li/c1-12-7-13(2)10-16(9-12)17-6-4-5-15-8-14(3)11-18(15)17;/h4-11H,1-3H3;. The zero-order chi connectivity index (χ0) is 13.6. The van der Waals surface area contributed by atoms with Crippen molar-refractivity contribution >= 4 is 23.8 Å². The maximum atomic E-state index is 2.35. The summed E-state index contributed by atoms with van der Waals surface area (Å²) in [5, 5.41) is 0. The second-order valence-corrected chi connectivity index (χ2v) is 5.79. The van der Waals surface area contributed by atoms with Crippen LogP contribution in [0.1, 0.15) is 33.8 Å². The summed E-state index contributed by atoms with van der Waals surface area (Å²) in [5.74, 6) is 0. The molecule has 2 aromatic rings. The number of benzene rings is 2. The number of fused-ring (bicyclic) bond motifs is 1. The molecule has 3 rings (SSSR count). The van der Waals surface area contributed by atoms with Gasteiger partial charge in [0.15, 0.2) is 0 Å². The van der Waals surface area contributed by atoms with E-state index < -0.39 is 0 Å². The molecule has 1 aliphatic rings. The van der Waals surface area contributed by atoms with Gasteiger partial charge in [-0.1, -0.05) is 0 Å². The molecule has 0 radical (unpaired) electrons. The molecule has 0 heterocycles. The van der Waals surface area contributed by atoms with E-state index in [1.165, 1.54) is 39.0 Å². The number of aryl methyl sites for hydroxylation is 2. The van der Waals surface area contributed by atoms with E-state index >= 15 is 0 Å². The van der Waals surface area contributed by atoms with Crippen molar-refractivity contribution in [2.45, 2.75) is 25.4 Å². The van der Waals surface area contributed by atoms with E-state index in [0.29, 0.717) is 4.59 Å². The molecule has 1 unspecified atom stereocenters. The van der Waals surface area contributed by atoms with E-state index in [4.69, 9.17) is 0 Å². The van der Waals surface area contributed by atoms with Gasteiger partial charge in [0.2, 0.25) is 0 Å². The average molecular weight is 240 g/mol. The van der Waals surface area contributed by atoms with Gasteiger partial charge < -0.3 is 0 Å². The topological polar surface area (TPSA) is 0 Å². The van der Waals surface area contributed by atoms with Gasteiger partial charge in [-0.25, -0.2) is 0 Å². The van der Waals surface area contributed by atoms with Crippen LogP contribution in [-0.2, 0) is 0 Å². The van der Waals surface area contributed by atoms with Crippen LogP contribution >= 0.6 is 0 Å². The predicted octanol–water partition coefficient (Wildman–Crippen LogP) is 4.60. The molecule has 0 aromatic heterocycles. The third-order valence-corrected chi connectivity index (χ3v) is 4.19. The van der Waals surface area contributed by atoms with Gasteiger partial charge >= 0.3 is 125 Å². The van der Waals surface area contributed by atoms with Crippen molar-refractivity contribution in [3.8, 4) is 11.1 Å². The van der Waals surface area contributed by atoms with Crippen LogP contribution < -0.4 is 0 Å². The Bertz CT molecular complexity index is 660. The fourth-order valence-corrected chi connectivity index (χ4v) is 3.10. The van der Waals surface area contributed by atoms with E-state index in [1.54, 1.807) is 0 Å². The fraction of sp³-hybridized carbons (Fsp3) is 0.222. The molecule has 2 aromatic carbocycles. The third kappa shape index (κ3) is 2.20. The third-order valence-electron chi connectivity index (χ3n) is 4.19. The van der Waals surface area contributed by atoms with Gasteiger partial charge in [-0.2, -0.15) is 0 Å². The van der Waals surface area contributed by atoms with Gasteiger partial charge in [-0.15, -0.1) is 0 Å². The van der Waals surface area contributed by atoms with Crippen LogP contribution in [0.3, 0.4) is 0 Å². The van der Waals surface area contributed by atoms with E-state index in [2.05, 4.69) is 81.0 Å². The summed E-state index contributed by atoms with van der Waals surface area (Å²) in [7, 11) is 0. The molecule has 0 fully saturated rings. The van der Waals surface area contributed by atoms with Gasteiger partial charge in [-0.05, 0) is 0 Å². The molecule has 90 valence electrons. The minimum atomic E-state index is 0.556. The minimum absolute atomic E-state index is 0.556. The normalized spacial score (nSPS) is 17.3. The second-order valence-electron chi connectivity index (χ2n) is 5.79. The number of rotatable bonds is 1. The number of allylic oxidation sites excluding steroid dienone is 1. The molecule has 19 heavy (non-hydrogen) atoms. The van der Waals surface area contributed by atoms with Crippen molar-refractivity contribution in [3.05, 3.63) is 64.2 Å². The zero-order valence-electron chi connectivity index (χ0n) is 12.1. The zero-order valence-corrected chi connectivity index (χ0v) is 12.1. The van der Waals surface area contributed by atoms with E-state index in [-0.39, 0.29) is 0 Å². The number of hydrogen-bond donors (Lipinski definition) is 0. The molecule has 0 nitrogen and oxygen atoms in total. The molecule has 0 saturated heterocycles. The summed E-state index contributed by atoms with van der Waals surface area (Å²) in [6.07, 6.45) is 2.35. The van der Waals surface area contributed by atoms with E-state index in [0.717, 1.165) is 0 Å². The van der Waals surface area contributed by atoms with Crippen molar-refractivity contribution in [3.63, 3.8) is 0 Å². The average Bonchev–Trinajstić information content (AvgIpc) is 2.64. The Kier molecular flexibility index (Phi) is 3.17. The van der Waals surface area contributed by atoms with Crippen LogP contribution in [-0.4, -0.2) is 17.7 Å². The molecule has 0 spiro atoms. The van der Waals surface area contributed by atoms with E-state index in [9.17, 15) is 0 Å². The summed E-state index contributed by atoms with van der Waals surface area (Å²) in [6.45, 7) is 6.57. The summed E-state index contributed by atoms with van der Waals surface area (Å²) in [4.78, 5) is 0. The second kappa shape index (κ2) is 4.71. The summed E-state index contributed by atoms with van der Waals surface area (Å²) >= 11 is 2.29. The molecule has 1 aliphatic carbocycles. The van der Waals surface area contributed by atoms with Crippen LogP contribution in [0.25, 0.3) is 17.2 Å². The molecule has 1 atom stereocenters. The van der Waals surface area contributed by atoms with Crippen molar-refractivity contribution < 1.29 is 0 Å². The van der Waals surface area contributed by atoms with Crippen LogP contribution in [0.5, 0.6) is 0 Å². The monoisotopic (exact) mass is 240 g/mol. The Morgan fingerprint density at radius 2 is 1.63 bits per heavy atom. The molecular formula is C18H17Li. The molecule has 0 saturated carbocycles. The molecule has 1 heteroatoms. The predicted molar refractivity (Wildman–Crippen MR) is 83.5 cm³/mol. The van der Waals surface area contributed by atoms with Gasteiger partial charge in [0.1, 0.15) is 0 Å². The Morgan fingerprint density at radius 1 is 0.947 bits per heavy atom. The Labute approximate surface area is 124 Å². The molecule has 0 N–H and O–H groups in total. The Hall–Kier alpha value is -1.22. The SMILES string of the molecule is [Li][CH]1C(C)=Cc2c(-c3cc(C)cc(C)c3)cccc21. The fourth-order valence-electron chi connectivity index (χ4n) is 3.10. The summed E-state index contributed by atoms with van der Waals surface area (Å²) in [6, 6.07) is 13.5. The first-order chi connectivity index (χ1) is 9.06. The Balaban J connectivity index is 2.23. The van der Waals surface area contributed by atoms with Crippen molar-refractivity contribution in [1.29, 1.82) is 0 Å². The maximum absolute atomic E-state index is 2.35. The van der Waals surface area contributed by atoms with Gasteiger partial charge in [0.25, 0.3) is 0 Å². The molecule has 0 bridgehead atoms. The van der Waals surface area contributed by atoms with Gasteiger partial charge in [0.05, 0.1) is 0 Å². The van der Waals surface area contributed by atoms with Gasteiger partial charge in [0, 0.05) is 0 Å². The van der Waals surface area contributed by atoms with Crippen LogP contribution in [0.4, 0.5) is 0 Å². The molecule has 0 aliphatic heterocycles. The van der Waals surface area contributed by atoms with Crippen molar-refractivity contribution in [2.24, 2.45) is 0 Å². The van der Waals surface area contributed by atoms with Crippen molar-refractivity contribution in [2.75, 3.05) is 0 Å². The van der Waals surface area contributed by atoms with Crippen LogP contribution in [0.2, 0.25) is 0 Å². The quantitative estimate of drug-likeness (QED) is 0.639. The number of hydrogen-bond acceptors (Lipinski definition) is 0. The van der Waals surface area contributed by atoms with E-state index in [1.807, 2.05) is 0 Å². The first-order valence-electron chi connectivity index (χ1n) is 6.96. The summed E-state index contributed by atoms with van der Waals surface area (Å²) in [5.41, 5.74) is 9.72. The molecular weight excluding hydrogens is 223 g/mol. The van der Waals surface area contributed by atoms with Crippen LogP contribution in [0, 0.1) is 13.8 Å². The van der Waals surface area contributed by atoms with Gasteiger partial charge in [-0.3, -0.25) is 0 Å². The Morgan fingerprint density at radius 3 is 2.32 bits per heavy atom. The first kappa shape index (κ1) is 12.8. The van der Waals surface area contributed by atoms with Crippen LogP contribution in [0.15, 0.2) is 42.0 Å². The molecule has 0 amide bonds.